The zero-order valence-corrected chi connectivity index (χ0v) is 12.1. The molecule has 0 saturated carbocycles. The minimum absolute atomic E-state index is 0.0720. The molecule has 0 aromatic heterocycles. The molecule has 4 nitrogen and oxygen atoms in total. The number of phenols is 1. The van der Waals surface area contributed by atoms with Gasteiger partial charge in [-0.2, -0.15) is 0 Å². The number of phenolic OH excluding ortho intramolecular Hbond substituents is 1. The molecule has 0 aliphatic carbocycles. The molecule has 106 valence electrons. The number of nitrogens with zero attached hydrogens (tertiary/aromatic N) is 2. The lowest BCUT2D eigenvalue weighted by molar-refractivity contribution is -0.130. The summed E-state index contributed by atoms with van der Waals surface area (Å²) in [6, 6.07) is 7.01. The van der Waals surface area contributed by atoms with E-state index in [1.54, 1.807) is 18.2 Å². The van der Waals surface area contributed by atoms with Gasteiger partial charge in [-0.15, -0.1) is 0 Å². The van der Waals surface area contributed by atoms with E-state index in [2.05, 4.69) is 4.90 Å². The number of carbonyl (C=O) groups is 1. The van der Waals surface area contributed by atoms with Crippen molar-refractivity contribution in [2.45, 2.75) is 19.8 Å². The first-order valence-electron chi connectivity index (χ1n) is 6.74. The minimum atomic E-state index is 0.0720. The normalized spacial score (nSPS) is 10.7. The van der Waals surface area contributed by atoms with Gasteiger partial charge in [-0.25, -0.2) is 0 Å². The van der Waals surface area contributed by atoms with Gasteiger partial charge in [0.15, 0.2) is 0 Å². The number of rotatable bonds is 7. The van der Waals surface area contributed by atoms with Gasteiger partial charge in [0.1, 0.15) is 5.75 Å². The highest BCUT2D eigenvalue weighted by atomic mass is 16.3. The van der Waals surface area contributed by atoms with Gasteiger partial charge in [0.25, 0.3) is 0 Å². The second kappa shape index (κ2) is 7.79. The molecule has 1 N–H and O–H groups in total. The van der Waals surface area contributed by atoms with E-state index in [0.29, 0.717) is 12.1 Å². The van der Waals surface area contributed by atoms with Crippen molar-refractivity contribution in [1.82, 2.24) is 9.80 Å². The molecular weight excluding hydrogens is 240 g/mol. The lowest BCUT2D eigenvalue weighted by Gasteiger charge is -2.22. The summed E-state index contributed by atoms with van der Waals surface area (Å²) in [5, 5.41) is 9.69. The van der Waals surface area contributed by atoms with Gasteiger partial charge in [-0.1, -0.05) is 18.2 Å². The molecule has 0 bridgehead atoms. The summed E-state index contributed by atoms with van der Waals surface area (Å²) in [6.07, 6.45) is 1.23. The van der Waals surface area contributed by atoms with E-state index >= 15 is 0 Å². The number of likely N-dealkylation sites (N-methyl/N-ethyl adjacent to an activating group) is 1. The van der Waals surface area contributed by atoms with Gasteiger partial charge in [-0.05, 0) is 40.1 Å². The third kappa shape index (κ3) is 5.30. The Labute approximate surface area is 115 Å². The highest BCUT2D eigenvalue weighted by Crippen LogP contribution is 2.16. The van der Waals surface area contributed by atoms with E-state index in [0.717, 1.165) is 19.5 Å². The van der Waals surface area contributed by atoms with Crippen LogP contribution in [-0.2, 0) is 11.2 Å². The molecule has 0 aliphatic heterocycles. The lowest BCUT2D eigenvalue weighted by atomic mass is 10.1. The van der Waals surface area contributed by atoms with Gasteiger partial charge < -0.3 is 14.9 Å². The van der Waals surface area contributed by atoms with Crippen LogP contribution in [0.2, 0.25) is 0 Å². The maximum absolute atomic E-state index is 12.2. The van der Waals surface area contributed by atoms with Crippen LogP contribution in [0.25, 0.3) is 0 Å². The Morgan fingerprint density at radius 2 is 1.89 bits per heavy atom. The molecular formula is C15H24N2O2. The second-order valence-electron chi connectivity index (χ2n) is 4.94. The average Bonchev–Trinajstić information content (AvgIpc) is 2.37. The summed E-state index contributed by atoms with van der Waals surface area (Å²) in [5.74, 6) is 0.267. The van der Waals surface area contributed by atoms with E-state index < -0.39 is 0 Å². The van der Waals surface area contributed by atoms with Crippen LogP contribution in [0.4, 0.5) is 0 Å². The van der Waals surface area contributed by atoms with Crippen molar-refractivity contribution in [2.75, 3.05) is 33.7 Å². The number of para-hydroxylation sites is 1. The first kappa shape index (κ1) is 15.5. The lowest BCUT2D eigenvalue weighted by Crippen LogP contribution is -2.34. The zero-order valence-electron chi connectivity index (χ0n) is 12.1. The first-order chi connectivity index (χ1) is 9.04. The Morgan fingerprint density at radius 3 is 2.47 bits per heavy atom. The number of hydrogen-bond acceptors (Lipinski definition) is 3. The van der Waals surface area contributed by atoms with E-state index in [-0.39, 0.29) is 18.1 Å². The maximum Gasteiger partial charge on any atom is 0.227 e. The van der Waals surface area contributed by atoms with Crippen LogP contribution < -0.4 is 0 Å². The van der Waals surface area contributed by atoms with Crippen LogP contribution in [0.3, 0.4) is 0 Å². The Bertz CT molecular complexity index is 405. The van der Waals surface area contributed by atoms with Gasteiger partial charge >= 0.3 is 0 Å². The van der Waals surface area contributed by atoms with Crippen molar-refractivity contribution in [3.8, 4) is 5.75 Å². The standard InChI is InChI=1S/C15H24N2O2/c1-4-17(11-7-10-16(2)3)15(19)12-13-8-5-6-9-14(13)18/h5-6,8-9,18H,4,7,10-12H2,1-3H3. The van der Waals surface area contributed by atoms with Crippen LogP contribution in [0, 0.1) is 0 Å². The topological polar surface area (TPSA) is 43.8 Å². The predicted molar refractivity (Wildman–Crippen MR) is 77.2 cm³/mol. The molecule has 0 saturated heterocycles. The van der Waals surface area contributed by atoms with Gasteiger partial charge in [-0.3, -0.25) is 4.79 Å². The van der Waals surface area contributed by atoms with E-state index in [1.165, 1.54) is 0 Å². The summed E-state index contributed by atoms with van der Waals surface area (Å²) in [7, 11) is 4.06. The molecule has 0 heterocycles. The van der Waals surface area contributed by atoms with Gasteiger partial charge in [0.05, 0.1) is 6.42 Å². The monoisotopic (exact) mass is 264 g/mol. The van der Waals surface area contributed by atoms with Crippen molar-refractivity contribution in [2.24, 2.45) is 0 Å². The minimum Gasteiger partial charge on any atom is -0.508 e. The Morgan fingerprint density at radius 1 is 1.21 bits per heavy atom. The van der Waals surface area contributed by atoms with Crippen LogP contribution in [0.1, 0.15) is 18.9 Å². The van der Waals surface area contributed by atoms with Crippen molar-refractivity contribution in [3.05, 3.63) is 29.8 Å². The highest BCUT2D eigenvalue weighted by molar-refractivity contribution is 5.79. The molecule has 0 fully saturated rings. The zero-order chi connectivity index (χ0) is 14.3. The van der Waals surface area contributed by atoms with Gasteiger partial charge in [0, 0.05) is 18.7 Å². The summed E-state index contributed by atoms with van der Waals surface area (Å²) in [6.45, 7) is 4.43. The maximum atomic E-state index is 12.2. The number of aromatic hydroxyl groups is 1. The molecule has 0 radical (unpaired) electrons. The molecule has 0 atom stereocenters. The number of carbonyl (C=O) groups excluding carboxylic acids is 1. The Hall–Kier alpha value is -1.55. The molecule has 19 heavy (non-hydrogen) atoms. The fourth-order valence-electron chi connectivity index (χ4n) is 1.97. The molecule has 1 aromatic rings. The third-order valence-electron chi connectivity index (χ3n) is 3.10. The largest absolute Gasteiger partial charge is 0.508 e. The first-order valence-corrected chi connectivity index (χ1v) is 6.74. The Kier molecular flexibility index (Phi) is 6.36. The molecule has 1 rings (SSSR count). The van der Waals surface area contributed by atoms with Gasteiger partial charge in [0.2, 0.25) is 5.91 Å². The highest BCUT2D eigenvalue weighted by Gasteiger charge is 2.13. The fraction of sp³-hybridized carbons (Fsp3) is 0.533. The third-order valence-corrected chi connectivity index (χ3v) is 3.10. The fourth-order valence-corrected chi connectivity index (χ4v) is 1.97. The average molecular weight is 264 g/mol. The van der Waals surface area contributed by atoms with E-state index in [4.69, 9.17) is 0 Å². The molecule has 0 unspecified atom stereocenters. The van der Waals surface area contributed by atoms with Crippen molar-refractivity contribution < 1.29 is 9.90 Å². The quantitative estimate of drug-likeness (QED) is 0.815. The second-order valence-corrected chi connectivity index (χ2v) is 4.94. The number of benzene rings is 1. The van der Waals surface area contributed by atoms with Crippen LogP contribution in [0.15, 0.2) is 24.3 Å². The smallest absolute Gasteiger partial charge is 0.227 e. The van der Waals surface area contributed by atoms with Crippen molar-refractivity contribution in [1.29, 1.82) is 0 Å². The summed E-state index contributed by atoms with van der Waals surface area (Å²) < 4.78 is 0. The van der Waals surface area contributed by atoms with E-state index in [9.17, 15) is 9.90 Å². The van der Waals surface area contributed by atoms with Crippen LogP contribution >= 0.6 is 0 Å². The van der Waals surface area contributed by atoms with Crippen molar-refractivity contribution in [3.63, 3.8) is 0 Å². The summed E-state index contributed by atoms with van der Waals surface area (Å²) >= 11 is 0. The number of amides is 1. The van der Waals surface area contributed by atoms with Crippen LogP contribution in [-0.4, -0.2) is 54.5 Å². The van der Waals surface area contributed by atoms with Crippen LogP contribution in [0.5, 0.6) is 5.75 Å². The molecule has 0 aliphatic rings. The summed E-state index contributed by atoms with van der Waals surface area (Å²) in [4.78, 5) is 16.1. The van der Waals surface area contributed by atoms with E-state index in [1.807, 2.05) is 32.0 Å². The van der Waals surface area contributed by atoms with Crippen molar-refractivity contribution >= 4 is 5.91 Å². The molecule has 1 amide bonds. The predicted octanol–water partition coefficient (Wildman–Crippen LogP) is 1.73. The SMILES string of the molecule is CCN(CCCN(C)C)C(=O)Cc1ccccc1O. The summed E-state index contributed by atoms with van der Waals surface area (Å²) in [5.41, 5.74) is 0.693. The number of hydrogen-bond donors (Lipinski definition) is 1. The molecule has 0 spiro atoms. The Balaban J connectivity index is 2.52. The molecule has 4 heteroatoms. The molecule has 1 aromatic carbocycles.